The lowest BCUT2D eigenvalue weighted by atomic mass is 9.93. The predicted molar refractivity (Wildman–Crippen MR) is 120 cm³/mol. The third-order valence-electron chi connectivity index (χ3n) is 5.65. The number of aryl methyl sites for hydroxylation is 1. The van der Waals surface area contributed by atoms with Gasteiger partial charge in [0.25, 0.3) is 11.7 Å². The second-order valence-electron chi connectivity index (χ2n) is 7.55. The first kappa shape index (κ1) is 21.0. The molecule has 6 nitrogen and oxygen atoms in total. The number of ketones is 1. The molecule has 1 amide bonds. The highest BCUT2D eigenvalue weighted by molar-refractivity contribution is 6.46. The van der Waals surface area contributed by atoms with Gasteiger partial charge in [0.05, 0.1) is 23.7 Å². The maximum atomic E-state index is 13.1. The SMILES string of the molecule is CCCN1C(=O)C(=O)/C(=C(/O)c2ccc(OC)c(Cl)c2)C1c1c(C)[nH]c2ccccc12. The van der Waals surface area contributed by atoms with E-state index in [-0.39, 0.29) is 11.3 Å². The maximum Gasteiger partial charge on any atom is 0.295 e. The number of hydrogen-bond acceptors (Lipinski definition) is 4. The van der Waals surface area contributed by atoms with Gasteiger partial charge in [-0.3, -0.25) is 9.59 Å². The lowest BCUT2D eigenvalue weighted by molar-refractivity contribution is -0.139. The van der Waals surface area contributed by atoms with Crippen LogP contribution in [-0.4, -0.2) is 40.3 Å². The predicted octanol–water partition coefficient (Wildman–Crippen LogP) is 4.97. The average Bonchev–Trinajstić information content (AvgIpc) is 3.21. The normalized spacial score (nSPS) is 18.2. The minimum Gasteiger partial charge on any atom is -0.507 e. The molecule has 2 heterocycles. The lowest BCUT2D eigenvalue weighted by Crippen LogP contribution is -2.30. The first-order valence-corrected chi connectivity index (χ1v) is 10.5. The Morgan fingerprint density at radius 1 is 1.23 bits per heavy atom. The van der Waals surface area contributed by atoms with Crippen LogP contribution in [-0.2, 0) is 9.59 Å². The van der Waals surface area contributed by atoms with E-state index in [1.54, 1.807) is 17.0 Å². The highest BCUT2D eigenvalue weighted by Crippen LogP contribution is 2.43. The first-order valence-electron chi connectivity index (χ1n) is 10.1. The zero-order chi connectivity index (χ0) is 22.3. The van der Waals surface area contributed by atoms with E-state index in [4.69, 9.17) is 16.3 Å². The quantitative estimate of drug-likeness (QED) is 0.334. The van der Waals surface area contributed by atoms with Gasteiger partial charge in [-0.1, -0.05) is 36.7 Å². The van der Waals surface area contributed by atoms with Gasteiger partial charge in [0.2, 0.25) is 0 Å². The number of rotatable bonds is 5. The van der Waals surface area contributed by atoms with E-state index in [2.05, 4.69) is 4.98 Å². The summed E-state index contributed by atoms with van der Waals surface area (Å²) in [5, 5.41) is 12.4. The lowest BCUT2D eigenvalue weighted by Gasteiger charge is -2.25. The Bertz CT molecular complexity index is 1230. The molecule has 0 bridgehead atoms. The van der Waals surface area contributed by atoms with Crippen LogP contribution in [0.3, 0.4) is 0 Å². The smallest absolute Gasteiger partial charge is 0.295 e. The molecular formula is C24H23ClN2O4. The molecular weight excluding hydrogens is 416 g/mol. The Hall–Kier alpha value is -3.25. The minimum absolute atomic E-state index is 0.0625. The highest BCUT2D eigenvalue weighted by atomic mass is 35.5. The number of hydrogen-bond donors (Lipinski definition) is 2. The fourth-order valence-electron chi connectivity index (χ4n) is 4.27. The molecule has 0 radical (unpaired) electrons. The number of aliphatic hydroxyl groups is 1. The van der Waals surface area contributed by atoms with Crippen LogP contribution in [0.4, 0.5) is 0 Å². The maximum absolute atomic E-state index is 13.1. The number of ether oxygens (including phenoxy) is 1. The average molecular weight is 439 g/mol. The Labute approximate surface area is 185 Å². The number of halogens is 1. The molecule has 160 valence electrons. The Kier molecular flexibility index (Phi) is 5.50. The molecule has 1 aliphatic heterocycles. The Balaban J connectivity index is 1.97. The van der Waals surface area contributed by atoms with Crippen LogP contribution in [0.1, 0.15) is 36.2 Å². The molecule has 0 saturated carbocycles. The van der Waals surface area contributed by atoms with Crippen molar-refractivity contribution in [2.45, 2.75) is 26.3 Å². The van der Waals surface area contributed by atoms with E-state index in [9.17, 15) is 14.7 Å². The number of aliphatic hydroxyl groups excluding tert-OH is 1. The van der Waals surface area contributed by atoms with Crippen LogP contribution in [0.15, 0.2) is 48.0 Å². The van der Waals surface area contributed by atoms with Crippen molar-refractivity contribution in [1.29, 1.82) is 0 Å². The third-order valence-corrected chi connectivity index (χ3v) is 5.94. The van der Waals surface area contributed by atoms with E-state index in [0.29, 0.717) is 29.3 Å². The van der Waals surface area contributed by atoms with Crippen LogP contribution < -0.4 is 4.74 Å². The van der Waals surface area contributed by atoms with E-state index in [0.717, 1.165) is 22.2 Å². The molecule has 0 spiro atoms. The van der Waals surface area contributed by atoms with Gasteiger partial charge >= 0.3 is 0 Å². The van der Waals surface area contributed by atoms with Crippen molar-refractivity contribution >= 4 is 40.0 Å². The zero-order valence-electron chi connectivity index (χ0n) is 17.5. The first-order chi connectivity index (χ1) is 14.9. The summed E-state index contributed by atoms with van der Waals surface area (Å²) >= 11 is 6.24. The molecule has 1 atom stereocenters. The van der Waals surface area contributed by atoms with Crippen LogP contribution in [0.2, 0.25) is 5.02 Å². The molecule has 1 unspecified atom stereocenters. The molecule has 1 aromatic heterocycles. The number of methoxy groups -OCH3 is 1. The van der Waals surface area contributed by atoms with Gasteiger partial charge in [-0.25, -0.2) is 0 Å². The van der Waals surface area contributed by atoms with Crippen LogP contribution in [0, 0.1) is 6.92 Å². The fraction of sp³-hybridized carbons (Fsp3) is 0.250. The molecule has 1 aliphatic rings. The number of carbonyl (C=O) groups excluding carboxylic acids is 2. The number of para-hydroxylation sites is 1. The zero-order valence-corrected chi connectivity index (χ0v) is 18.3. The van der Waals surface area contributed by atoms with Gasteiger partial charge in [-0.2, -0.15) is 0 Å². The number of fused-ring (bicyclic) bond motifs is 1. The third kappa shape index (κ3) is 3.37. The number of aromatic nitrogens is 1. The molecule has 2 aromatic carbocycles. The monoisotopic (exact) mass is 438 g/mol. The highest BCUT2D eigenvalue weighted by Gasteiger charge is 2.47. The largest absolute Gasteiger partial charge is 0.507 e. The van der Waals surface area contributed by atoms with Crippen molar-refractivity contribution < 1.29 is 19.4 Å². The summed E-state index contributed by atoms with van der Waals surface area (Å²) in [6.45, 7) is 4.25. The molecule has 7 heteroatoms. The number of Topliss-reactive ketones (excluding diaryl/α,β-unsaturated/α-hetero) is 1. The number of nitrogens with zero attached hydrogens (tertiary/aromatic N) is 1. The van der Waals surface area contributed by atoms with Crippen LogP contribution >= 0.6 is 11.6 Å². The summed E-state index contributed by atoms with van der Waals surface area (Å²) in [4.78, 5) is 30.9. The number of likely N-dealkylation sites (tertiary alicyclic amines) is 1. The van der Waals surface area contributed by atoms with E-state index in [1.807, 2.05) is 38.1 Å². The number of H-pyrrole nitrogens is 1. The molecule has 31 heavy (non-hydrogen) atoms. The summed E-state index contributed by atoms with van der Waals surface area (Å²) in [6, 6.07) is 11.8. The fourth-order valence-corrected chi connectivity index (χ4v) is 4.53. The second kappa shape index (κ2) is 8.12. The summed E-state index contributed by atoms with van der Waals surface area (Å²) in [6.07, 6.45) is 0.680. The topological polar surface area (TPSA) is 82.6 Å². The number of nitrogens with one attached hydrogen (secondary N) is 1. The molecule has 0 aliphatic carbocycles. The standard InChI is InChI=1S/C24H23ClN2O4/c1-4-11-27-21(19-13(2)26-17-8-6-5-7-15(17)19)20(23(29)24(27)30)22(28)14-9-10-18(31-3)16(25)12-14/h5-10,12,21,26,28H,4,11H2,1-3H3/b22-20+. The summed E-state index contributed by atoms with van der Waals surface area (Å²) < 4.78 is 5.17. The van der Waals surface area contributed by atoms with Crippen LogP contribution in [0.25, 0.3) is 16.7 Å². The van der Waals surface area contributed by atoms with E-state index < -0.39 is 17.7 Å². The number of benzene rings is 2. The molecule has 4 rings (SSSR count). The van der Waals surface area contributed by atoms with Gasteiger partial charge in [0.15, 0.2) is 0 Å². The number of carbonyl (C=O) groups is 2. The Morgan fingerprint density at radius 3 is 2.65 bits per heavy atom. The van der Waals surface area contributed by atoms with E-state index in [1.165, 1.54) is 13.2 Å². The van der Waals surface area contributed by atoms with Gasteiger partial charge < -0.3 is 19.7 Å². The van der Waals surface area contributed by atoms with Crippen molar-refractivity contribution in [3.8, 4) is 5.75 Å². The van der Waals surface area contributed by atoms with Crippen molar-refractivity contribution in [3.63, 3.8) is 0 Å². The van der Waals surface area contributed by atoms with Crippen molar-refractivity contribution in [2.75, 3.05) is 13.7 Å². The van der Waals surface area contributed by atoms with Crippen LogP contribution in [0.5, 0.6) is 5.75 Å². The van der Waals surface area contributed by atoms with Gasteiger partial charge in [-0.05, 0) is 37.6 Å². The van der Waals surface area contributed by atoms with E-state index >= 15 is 0 Å². The minimum atomic E-state index is -0.701. The Morgan fingerprint density at radius 2 is 1.97 bits per heavy atom. The van der Waals surface area contributed by atoms with Gasteiger partial charge in [0, 0.05) is 34.3 Å². The summed E-state index contributed by atoms with van der Waals surface area (Å²) in [5.41, 5.74) is 2.97. The van der Waals surface area contributed by atoms with Crippen molar-refractivity contribution in [1.82, 2.24) is 9.88 Å². The van der Waals surface area contributed by atoms with Gasteiger partial charge in [0.1, 0.15) is 11.5 Å². The van der Waals surface area contributed by atoms with Crippen molar-refractivity contribution in [2.24, 2.45) is 0 Å². The summed E-state index contributed by atoms with van der Waals surface area (Å²) in [5.74, 6) is -1.12. The van der Waals surface area contributed by atoms with Gasteiger partial charge in [-0.15, -0.1) is 0 Å². The number of aromatic amines is 1. The molecule has 2 N–H and O–H groups in total. The summed E-state index contributed by atoms with van der Waals surface area (Å²) in [7, 11) is 1.50. The molecule has 3 aromatic rings. The number of amides is 1. The van der Waals surface area contributed by atoms with Crippen molar-refractivity contribution in [3.05, 3.63) is 69.9 Å². The molecule has 1 saturated heterocycles. The molecule has 1 fully saturated rings. The second-order valence-corrected chi connectivity index (χ2v) is 7.96.